The van der Waals surface area contributed by atoms with Crippen LogP contribution in [0.4, 0.5) is 0 Å². The van der Waals surface area contributed by atoms with Crippen LogP contribution < -0.4 is 9.47 Å². The molecule has 0 saturated carbocycles. The van der Waals surface area contributed by atoms with Crippen molar-refractivity contribution in [2.24, 2.45) is 0 Å². The average molecular weight is 593 g/mol. The highest BCUT2D eigenvalue weighted by Crippen LogP contribution is 2.46. The van der Waals surface area contributed by atoms with Gasteiger partial charge in [0.2, 0.25) is 0 Å². The van der Waals surface area contributed by atoms with Gasteiger partial charge in [0.25, 0.3) is 5.91 Å². The number of nitrogens with zero attached hydrogens (tertiary/aromatic N) is 4. The molecule has 2 aromatic heterocycles. The number of methoxy groups -OCH3 is 2. The smallest absolute Gasteiger partial charge is 0.325 e. The number of hydrogen-bond acceptors (Lipinski definition) is 7. The SMILES string of the molecule is CCOC(=O)CN(C)C(=O)c1ccn(CC[C@@H]2O[C@@H](c3cccc(OC)c3OC)c3cc(Cl)ccc3-n3cccc32)n1. The first-order valence-electron chi connectivity index (χ1n) is 13.6. The predicted octanol–water partition coefficient (Wildman–Crippen LogP) is 5.23. The summed E-state index contributed by atoms with van der Waals surface area (Å²) in [6, 6.07) is 17.2. The van der Waals surface area contributed by atoms with E-state index in [1.54, 1.807) is 45.1 Å². The maximum absolute atomic E-state index is 12.8. The number of esters is 1. The zero-order chi connectivity index (χ0) is 29.8. The molecular formula is C31H33ClN4O6. The van der Waals surface area contributed by atoms with E-state index in [1.165, 1.54) is 4.90 Å². The largest absolute Gasteiger partial charge is 0.493 e. The van der Waals surface area contributed by atoms with E-state index in [0.29, 0.717) is 29.5 Å². The van der Waals surface area contributed by atoms with E-state index < -0.39 is 12.1 Å². The van der Waals surface area contributed by atoms with Crippen molar-refractivity contribution in [3.63, 3.8) is 0 Å². The lowest BCUT2D eigenvalue weighted by Gasteiger charge is -2.25. The quantitative estimate of drug-likeness (QED) is 0.233. The molecule has 11 heteroatoms. The van der Waals surface area contributed by atoms with Crippen LogP contribution in [0, 0.1) is 0 Å². The molecule has 2 atom stereocenters. The predicted molar refractivity (Wildman–Crippen MR) is 156 cm³/mol. The van der Waals surface area contributed by atoms with Crippen molar-refractivity contribution in [3.05, 3.63) is 94.5 Å². The number of para-hydroxylation sites is 1. The maximum atomic E-state index is 12.8. The molecule has 0 saturated heterocycles. The number of aryl methyl sites for hydroxylation is 1. The van der Waals surface area contributed by atoms with Crippen molar-refractivity contribution < 1.29 is 28.5 Å². The molecule has 42 heavy (non-hydrogen) atoms. The van der Waals surface area contributed by atoms with Crippen LogP contribution >= 0.6 is 11.6 Å². The number of carbonyl (C=O) groups is 2. The van der Waals surface area contributed by atoms with Gasteiger partial charge in [-0.2, -0.15) is 5.10 Å². The minimum absolute atomic E-state index is 0.147. The Balaban J connectivity index is 1.43. The molecule has 10 nitrogen and oxygen atoms in total. The lowest BCUT2D eigenvalue weighted by Crippen LogP contribution is -2.33. The maximum Gasteiger partial charge on any atom is 0.325 e. The van der Waals surface area contributed by atoms with Crippen molar-refractivity contribution in [1.29, 1.82) is 0 Å². The fraction of sp³-hybridized carbons (Fsp3) is 0.323. The number of carbonyl (C=O) groups excluding carboxylic acids is 2. The van der Waals surface area contributed by atoms with Crippen LogP contribution in [0.3, 0.4) is 0 Å². The van der Waals surface area contributed by atoms with Crippen LogP contribution in [0.1, 0.15) is 52.9 Å². The second-order valence-corrected chi connectivity index (χ2v) is 10.2. The van der Waals surface area contributed by atoms with E-state index in [-0.39, 0.29) is 30.9 Å². The third-order valence-corrected chi connectivity index (χ3v) is 7.39. The normalized spacial score (nSPS) is 15.7. The summed E-state index contributed by atoms with van der Waals surface area (Å²) in [5.74, 6) is 0.359. The number of hydrogen-bond donors (Lipinski definition) is 0. The third-order valence-electron chi connectivity index (χ3n) is 7.16. The number of amides is 1. The van der Waals surface area contributed by atoms with E-state index in [1.807, 2.05) is 54.7 Å². The molecule has 1 aliphatic rings. The zero-order valence-corrected chi connectivity index (χ0v) is 24.7. The van der Waals surface area contributed by atoms with Gasteiger partial charge in [-0.05, 0) is 55.8 Å². The number of benzene rings is 2. The molecule has 0 aliphatic carbocycles. The van der Waals surface area contributed by atoms with E-state index in [4.69, 9.17) is 30.5 Å². The summed E-state index contributed by atoms with van der Waals surface area (Å²) >= 11 is 6.50. The summed E-state index contributed by atoms with van der Waals surface area (Å²) in [4.78, 5) is 25.9. The van der Waals surface area contributed by atoms with E-state index in [9.17, 15) is 9.59 Å². The highest BCUT2D eigenvalue weighted by molar-refractivity contribution is 6.30. The molecule has 1 amide bonds. The van der Waals surface area contributed by atoms with Gasteiger partial charge in [0.05, 0.1) is 32.2 Å². The van der Waals surface area contributed by atoms with Gasteiger partial charge in [0.1, 0.15) is 24.4 Å². The second kappa shape index (κ2) is 12.7. The van der Waals surface area contributed by atoms with Crippen molar-refractivity contribution in [2.75, 3.05) is 34.4 Å². The van der Waals surface area contributed by atoms with Crippen LogP contribution in [0.25, 0.3) is 5.69 Å². The van der Waals surface area contributed by atoms with Crippen LogP contribution in [0.5, 0.6) is 11.5 Å². The molecule has 4 aromatic rings. The van der Waals surface area contributed by atoms with Gasteiger partial charge < -0.3 is 28.4 Å². The molecule has 0 bridgehead atoms. The molecule has 3 heterocycles. The van der Waals surface area contributed by atoms with Crippen LogP contribution in [0.15, 0.2) is 67.0 Å². The Morgan fingerprint density at radius 3 is 2.64 bits per heavy atom. The molecule has 0 radical (unpaired) electrons. The first-order chi connectivity index (χ1) is 20.3. The third kappa shape index (κ3) is 5.86. The lowest BCUT2D eigenvalue weighted by molar-refractivity contribution is -0.143. The Kier molecular flexibility index (Phi) is 8.84. The zero-order valence-electron chi connectivity index (χ0n) is 24.0. The molecule has 2 aromatic carbocycles. The van der Waals surface area contributed by atoms with Gasteiger partial charge in [-0.3, -0.25) is 14.3 Å². The van der Waals surface area contributed by atoms with Gasteiger partial charge in [0, 0.05) is 42.1 Å². The molecule has 220 valence electrons. The standard InChI is InChI=1S/C31H33ClN4O6/c1-5-41-28(37)19-34(2)31(38)23-13-16-35(33-23)17-14-26-25-9-7-15-36(25)24-12-11-20(32)18-22(24)29(42-26)21-8-6-10-27(39-3)30(21)40-4/h6-13,15-16,18,26,29H,5,14,17,19H2,1-4H3/t26-,29-/m0/s1. The molecule has 0 spiro atoms. The average Bonchev–Trinajstić information content (AvgIpc) is 3.65. The topological polar surface area (TPSA) is 97.0 Å². The summed E-state index contributed by atoms with van der Waals surface area (Å²) in [7, 11) is 4.76. The Hall–Kier alpha value is -4.28. The number of ether oxygens (including phenoxy) is 4. The molecule has 5 rings (SSSR count). The Morgan fingerprint density at radius 2 is 1.88 bits per heavy atom. The Bertz CT molecular complexity index is 1580. The van der Waals surface area contributed by atoms with Gasteiger partial charge in [-0.25, -0.2) is 0 Å². The summed E-state index contributed by atoms with van der Waals surface area (Å²) in [5.41, 5.74) is 3.88. The first-order valence-corrected chi connectivity index (χ1v) is 14.0. The van der Waals surface area contributed by atoms with Gasteiger partial charge in [-0.1, -0.05) is 23.7 Å². The monoisotopic (exact) mass is 592 g/mol. The van der Waals surface area contributed by atoms with E-state index in [0.717, 1.165) is 22.5 Å². The van der Waals surface area contributed by atoms with Crippen molar-refractivity contribution >= 4 is 23.5 Å². The fourth-order valence-electron chi connectivity index (χ4n) is 5.23. The van der Waals surface area contributed by atoms with Crippen molar-refractivity contribution in [3.8, 4) is 17.2 Å². The first kappa shape index (κ1) is 29.2. The van der Waals surface area contributed by atoms with Gasteiger partial charge >= 0.3 is 5.97 Å². The minimum atomic E-state index is -0.514. The summed E-state index contributed by atoms with van der Waals surface area (Å²) in [5, 5.41) is 5.07. The number of halogens is 1. The molecule has 1 aliphatic heterocycles. The van der Waals surface area contributed by atoms with Crippen LogP contribution in [0.2, 0.25) is 5.02 Å². The highest BCUT2D eigenvalue weighted by atomic mass is 35.5. The minimum Gasteiger partial charge on any atom is -0.493 e. The van der Waals surface area contributed by atoms with Gasteiger partial charge in [0.15, 0.2) is 11.5 Å². The highest BCUT2D eigenvalue weighted by Gasteiger charge is 2.33. The number of fused-ring (bicyclic) bond motifs is 3. The van der Waals surface area contributed by atoms with Crippen molar-refractivity contribution in [2.45, 2.75) is 32.1 Å². The number of rotatable bonds is 10. The van der Waals surface area contributed by atoms with Crippen LogP contribution in [-0.4, -0.2) is 65.5 Å². The number of likely N-dealkylation sites (N-methyl/N-ethyl adjacent to an activating group) is 1. The van der Waals surface area contributed by atoms with E-state index in [2.05, 4.69) is 9.67 Å². The second-order valence-electron chi connectivity index (χ2n) is 9.81. The summed E-state index contributed by atoms with van der Waals surface area (Å²) in [6.45, 7) is 2.31. The summed E-state index contributed by atoms with van der Waals surface area (Å²) < 4.78 is 27.0. The van der Waals surface area contributed by atoms with Crippen molar-refractivity contribution in [1.82, 2.24) is 19.2 Å². The molecule has 0 unspecified atom stereocenters. The lowest BCUT2D eigenvalue weighted by atomic mass is 9.98. The Labute approximate surface area is 249 Å². The molecular weight excluding hydrogens is 560 g/mol. The Morgan fingerprint density at radius 1 is 1.05 bits per heavy atom. The van der Waals surface area contributed by atoms with E-state index >= 15 is 0 Å². The molecule has 0 N–H and O–H groups in total. The number of aromatic nitrogens is 3. The summed E-state index contributed by atoms with van der Waals surface area (Å²) in [6.07, 6.45) is 3.45. The van der Waals surface area contributed by atoms with Gasteiger partial charge in [-0.15, -0.1) is 0 Å². The fourth-order valence-corrected chi connectivity index (χ4v) is 5.41. The molecule has 0 fully saturated rings. The van der Waals surface area contributed by atoms with Crippen LogP contribution in [-0.2, 0) is 20.8 Å².